The third-order valence-electron chi connectivity index (χ3n) is 5.18. The summed E-state index contributed by atoms with van der Waals surface area (Å²) < 4.78 is 7.60. The van der Waals surface area contributed by atoms with E-state index in [1.165, 1.54) is 0 Å². The Labute approximate surface area is 162 Å². The average Bonchev–Trinajstić information content (AvgIpc) is 3.04. The van der Waals surface area contributed by atoms with Crippen molar-refractivity contribution in [3.05, 3.63) is 66.0 Å². The summed E-state index contributed by atoms with van der Waals surface area (Å²) >= 11 is 0. The van der Waals surface area contributed by atoms with Crippen LogP contribution < -0.4 is 5.32 Å². The monoisotopic (exact) mass is 378 g/mol. The molecule has 1 saturated heterocycles. The van der Waals surface area contributed by atoms with E-state index in [0.29, 0.717) is 0 Å². The molecule has 2 unspecified atom stereocenters. The highest BCUT2D eigenvalue weighted by Crippen LogP contribution is 2.29. The number of nitrogens with one attached hydrogen (secondary N) is 1. The minimum Gasteiger partial charge on any atom is -0.356 e. The minimum atomic E-state index is -0.778. The van der Waals surface area contributed by atoms with Gasteiger partial charge in [0.25, 0.3) is 5.91 Å². The van der Waals surface area contributed by atoms with Crippen LogP contribution in [0.1, 0.15) is 17.4 Å². The van der Waals surface area contributed by atoms with E-state index in [-0.39, 0.29) is 25.0 Å². The van der Waals surface area contributed by atoms with Crippen LogP contribution >= 0.6 is 0 Å². The Hall–Kier alpha value is -3.19. The number of imidazole rings is 1. The van der Waals surface area contributed by atoms with Gasteiger partial charge in [-0.25, -0.2) is 4.98 Å². The molecule has 2 aromatic carbocycles. The number of carbonyl (C=O) groups excluding carboxylic acids is 2. The molecular formula is C21H22N4O3. The minimum absolute atomic E-state index is 0.107. The molecule has 0 bridgehead atoms. The first kappa shape index (κ1) is 18.2. The zero-order chi connectivity index (χ0) is 19.7. The number of nitrogens with zero attached hydrogens (tertiary/aromatic N) is 3. The summed E-state index contributed by atoms with van der Waals surface area (Å²) in [5.41, 5.74) is 2.75. The number of morpholine rings is 1. The van der Waals surface area contributed by atoms with E-state index in [1.54, 1.807) is 11.9 Å². The lowest BCUT2D eigenvalue weighted by atomic mass is 9.97. The zero-order valence-electron chi connectivity index (χ0n) is 15.8. The number of amides is 2. The van der Waals surface area contributed by atoms with Crippen LogP contribution in [0.2, 0.25) is 0 Å². The Morgan fingerprint density at radius 2 is 1.86 bits per heavy atom. The highest BCUT2D eigenvalue weighted by Gasteiger charge is 2.39. The fourth-order valence-corrected chi connectivity index (χ4v) is 3.60. The van der Waals surface area contributed by atoms with Crippen LogP contribution in [0.3, 0.4) is 0 Å². The topological polar surface area (TPSA) is 76.5 Å². The maximum absolute atomic E-state index is 12.9. The standard InChI is InChI=1S/C21H22N4O3/c1-24-16-11-7-6-10-15(16)23-17(24)12-22-21(27)20-19(14-8-4-3-5-9-14)25(2)18(26)13-28-20/h3-11,19-20H,12-13H2,1-2H3,(H,22,27). The third kappa shape index (κ3) is 3.25. The van der Waals surface area contributed by atoms with Crippen molar-refractivity contribution >= 4 is 22.8 Å². The van der Waals surface area contributed by atoms with Gasteiger partial charge >= 0.3 is 0 Å². The van der Waals surface area contributed by atoms with Gasteiger partial charge in [-0.05, 0) is 17.7 Å². The summed E-state index contributed by atoms with van der Waals surface area (Å²) in [5.74, 6) is 0.347. The number of rotatable bonds is 4. The molecule has 4 rings (SSSR count). The van der Waals surface area contributed by atoms with Crippen molar-refractivity contribution in [2.75, 3.05) is 13.7 Å². The van der Waals surface area contributed by atoms with Gasteiger partial charge in [-0.15, -0.1) is 0 Å². The van der Waals surface area contributed by atoms with E-state index in [0.717, 1.165) is 22.4 Å². The molecule has 2 atom stereocenters. The Morgan fingerprint density at radius 3 is 2.61 bits per heavy atom. The molecule has 0 aliphatic carbocycles. The lowest BCUT2D eigenvalue weighted by Gasteiger charge is -2.38. The SMILES string of the molecule is CN1C(=O)COC(C(=O)NCc2nc3ccccc3n2C)C1c1ccccc1. The van der Waals surface area contributed by atoms with Crippen molar-refractivity contribution in [3.8, 4) is 0 Å². The summed E-state index contributed by atoms with van der Waals surface area (Å²) in [6.45, 7) is 0.174. The van der Waals surface area contributed by atoms with E-state index >= 15 is 0 Å². The van der Waals surface area contributed by atoms with Gasteiger partial charge in [-0.2, -0.15) is 0 Å². The number of aryl methyl sites for hydroxylation is 1. The van der Waals surface area contributed by atoms with E-state index in [9.17, 15) is 9.59 Å². The van der Waals surface area contributed by atoms with Crippen LogP contribution in [-0.2, 0) is 27.9 Å². The highest BCUT2D eigenvalue weighted by molar-refractivity contribution is 5.86. The fourth-order valence-electron chi connectivity index (χ4n) is 3.60. The first-order valence-electron chi connectivity index (χ1n) is 9.16. The molecule has 0 spiro atoms. The smallest absolute Gasteiger partial charge is 0.252 e. The number of hydrogen-bond acceptors (Lipinski definition) is 4. The van der Waals surface area contributed by atoms with E-state index in [4.69, 9.17) is 4.74 Å². The van der Waals surface area contributed by atoms with Crippen LogP contribution in [0.15, 0.2) is 54.6 Å². The van der Waals surface area contributed by atoms with Crippen molar-refractivity contribution in [2.45, 2.75) is 18.7 Å². The van der Waals surface area contributed by atoms with Crippen LogP contribution in [0.25, 0.3) is 11.0 Å². The first-order valence-corrected chi connectivity index (χ1v) is 9.16. The van der Waals surface area contributed by atoms with Crippen LogP contribution in [0.5, 0.6) is 0 Å². The summed E-state index contributed by atoms with van der Waals surface area (Å²) in [6.07, 6.45) is -0.778. The molecule has 1 aromatic heterocycles. The number of hydrogen-bond donors (Lipinski definition) is 1. The molecule has 1 N–H and O–H groups in total. The number of ether oxygens (including phenoxy) is 1. The molecule has 1 aliphatic rings. The Morgan fingerprint density at radius 1 is 1.14 bits per heavy atom. The van der Waals surface area contributed by atoms with Gasteiger partial charge in [0.1, 0.15) is 12.4 Å². The predicted octanol–water partition coefficient (Wildman–Crippen LogP) is 1.79. The van der Waals surface area contributed by atoms with Gasteiger partial charge in [0, 0.05) is 14.1 Å². The molecule has 1 fully saturated rings. The van der Waals surface area contributed by atoms with Crippen molar-refractivity contribution < 1.29 is 14.3 Å². The van der Waals surface area contributed by atoms with Crippen molar-refractivity contribution in [3.63, 3.8) is 0 Å². The maximum Gasteiger partial charge on any atom is 0.252 e. The summed E-state index contributed by atoms with van der Waals surface area (Å²) in [7, 11) is 3.63. The summed E-state index contributed by atoms with van der Waals surface area (Å²) in [6, 6.07) is 16.8. The average molecular weight is 378 g/mol. The number of fused-ring (bicyclic) bond motifs is 1. The summed E-state index contributed by atoms with van der Waals surface area (Å²) in [4.78, 5) is 31.2. The van der Waals surface area contributed by atoms with Gasteiger partial charge in [0.2, 0.25) is 5.91 Å². The molecule has 1 aliphatic heterocycles. The normalized spacial score (nSPS) is 19.8. The van der Waals surface area contributed by atoms with Gasteiger partial charge in [0.15, 0.2) is 6.10 Å². The molecule has 7 heteroatoms. The Kier molecular flexibility index (Phi) is 4.83. The van der Waals surface area contributed by atoms with Crippen molar-refractivity contribution in [1.82, 2.24) is 19.8 Å². The second-order valence-electron chi connectivity index (χ2n) is 6.89. The van der Waals surface area contributed by atoms with Crippen LogP contribution in [0.4, 0.5) is 0 Å². The van der Waals surface area contributed by atoms with E-state index in [1.807, 2.05) is 66.2 Å². The molecule has 0 saturated carbocycles. The first-order chi connectivity index (χ1) is 13.6. The van der Waals surface area contributed by atoms with E-state index in [2.05, 4.69) is 10.3 Å². The quantitative estimate of drug-likeness (QED) is 0.751. The van der Waals surface area contributed by atoms with Crippen LogP contribution in [0, 0.1) is 0 Å². The third-order valence-corrected chi connectivity index (χ3v) is 5.18. The second kappa shape index (κ2) is 7.44. The number of likely N-dealkylation sites (N-methyl/N-ethyl adjacent to an activating group) is 1. The molecule has 144 valence electrons. The van der Waals surface area contributed by atoms with E-state index < -0.39 is 12.1 Å². The molecule has 0 radical (unpaired) electrons. The number of benzene rings is 2. The maximum atomic E-state index is 12.9. The van der Waals surface area contributed by atoms with Gasteiger partial charge in [-0.1, -0.05) is 42.5 Å². The van der Waals surface area contributed by atoms with Gasteiger partial charge in [-0.3, -0.25) is 9.59 Å². The predicted molar refractivity (Wildman–Crippen MR) is 104 cm³/mol. The van der Waals surface area contributed by atoms with Gasteiger partial charge in [0.05, 0.1) is 23.6 Å². The molecule has 28 heavy (non-hydrogen) atoms. The number of aromatic nitrogens is 2. The zero-order valence-corrected chi connectivity index (χ0v) is 15.8. The Bertz CT molecular complexity index is 1010. The Balaban J connectivity index is 1.54. The largest absolute Gasteiger partial charge is 0.356 e. The number of carbonyl (C=O) groups is 2. The van der Waals surface area contributed by atoms with Crippen molar-refractivity contribution in [2.24, 2.45) is 7.05 Å². The van der Waals surface area contributed by atoms with Gasteiger partial charge < -0.3 is 19.5 Å². The molecule has 2 heterocycles. The number of para-hydroxylation sites is 2. The highest BCUT2D eigenvalue weighted by atomic mass is 16.5. The molecule has 7 nitrogen and oxygen atoms in total. The molecule has 2 amide bonds. The molecular weight excluding hydrogens is 356 g/mol. The van der Waals surface area contributed by atoms with Crippen LogP contribution in [-0.4, -0.2) is 46.0 Å². The lowest BCUT2D eigenvalue weighted by Crippen LogP contribution is -2.52. The lowest BCUT2D eigenvalue weighted by molar-refractivity contribution is -0.162. The fraction of sp³-hybridized carbons (Fsp3) is 0.286. The molecule has 3 aromatic rings. The second-order valence-corrected chi connectivity index (χ2v) is 6.89. The van der Waals surface area contributed by atoms with Crippen molar-refractivity contribution in [1.29, 1.82) is 0 Å². The summed E-state index contributed by atoms with van der Waals surface area (Å²) in [5, 5.41) is 2.92.